The summed E-state index contributed by atoms with van der Waals surface area (Å²) in [5.74, 6) is -0.375. The van der Waals surface area contributed by atoms with Crippen molar-refractivity contribution in [2.75, 3.05) is 0 Å². The predicted octanol–water partition coefficient (Wildman–Crippen LogP) is 2.65. The van der Waals surface area contributed by atoms with E-state index in [-0.39, 0.29) is 12.2 Å². The first-order chi connectivity index (χ1) is 4.66. The zero-order valence-electron chi connectivity index (χ0n) is 6.66. The van der Waals surface area contributed by atoms with Crippen molar-refractivity contribution in [2.24, 2.45) is 0 Å². The van der Waals surface area contributed by atoms with E-state index < -0.39 is 12.8 Å². The molecule has 0 N–H and O–H groups in total. The smallest absolute Gasteiger partial charge is 0.245 e. The molecule has 0 aliphatic heterocycles. The lowest BCUT2D eigenvalue weighted by molar-refractivity contribution is -0.121. The molecule has 0 heterocycles. The Bertz CT molecular complexity index is 81.7. The van der Waals surface area contributed by atoms with Crippen molar-refractivity contribution in [2.45, 2.75) is 40.0 Å². The van der Waals surface area contributed by atoms with Gasteiger partial charge in [0.25, 0.3) is 0 Å². The van der Waals surface area contributed by atoms with E-state index in [0.29, 0.717) is 0 Å². The molecule has 0 amide bonds. The fraction of sp³-hybridized carbons (Fsp3) is 0.857. The Hall–Kier alpha value is -0.470. The van der Waals surface area contributed by atoms with Crippen molar-refractivity contribution < 1.29 is 13.6 Å². The minimum atomic E-state index is -2.47. The average molecular weight is 152 g/mol. The lowest BCUT2D eigenvalue weighted by atomic mass is 10.2. The number of hydrogen-bond acceptors (Lipinski definition) is 1. The van der Waals surface area contributed by atoms with Crippen molar-refractivity contribution in [1.82, 2.24) is 0 Å². The zero-order valence-corrected chi connectivity index (χ0v) is 6.66. The molecule has 0 bridgehead atoms. The third-order valence-corrected chi connectivity index (χ3v) is 0.776. The van der Waals surface area contributed by atoms with Crippen LogP contribution in [0.15, 0.2) is 0 Å². The molecule has 0 spiro atoms. The van der Waals surface area contributed by atoms with Crippen LogP contribution in [0.5, 0.6) is 0 Å². The van der Waals surface area contributed by atoms with Gasteiger partial charge in [0.15, 0.2) is 0 Å². The molecular formula is C7H14F2O. The molecular weight excluding hydrogens is 138 g/mol. The molecule has 0 rings (SSSR count). The number of carbonyl (C=O) groups is 1. The molecule has 62 valence electrons. The summed E-state index contributed by atoms with van der Waals surface area (Å²) >= 11 is 0. The van der Waals surface area contributed by atoms with E-state index in [2.05, 4.69) is 0 Å². The molecule has 0 aromatic rings. The highest BCUT2D eigenvalue weighted by atomic mass is 19.3. The summed E-state index contributed by atoms with van der Waals surface area (Å²) < 4.78 is 22.5. The van der Waals surface area contributed by atoms with Crippen molar-refractivity contribution in [3.8, 4) is 0 Å². The Labute approximate surface area is 60.4 Å². The van der Waals surface area contributed by atoms with Crippen molar-refractivity contribution in [3.05, 3.63) is 0 Å². The molecule has 0 aliphatic rings. The largest absolute Gasteiger partial charge is 0.299 e. The summed E-state index contributed by atoms with van der Waals surface area (Å²) in [6.45, 7) is 5.57. The van der Waals surface area contributed by atoms with E-state index in [0.717, 1.165) is 0 Å². The van der Waals surface area contributed by atoms with Gasteiger partial charge in [0.1, 0.15) is 5.78 Å². The van der Waals surface area contributed by atoms with E-state index in [1.54, 1.807) is 6.92 Å². The predicted molar refractivity (Wildman–Crippen MR) is 37.3 cm³/mol. The maximum atomic E-state index is 11.3. The number of hydrogen-bond donors (Lipinski definition) is 0. The lowest BCUT2D eigenvalue weighted by Gasteiger charge is -1.92. The second-order valence-electron chi connectivity index (χ2n) is 1.49. The third kappa shape index (κ3) is 10.5. The van der Waals surface area contributed by atoms with Gasteiger partial charge in [0, 0.05) is 6.42 Å². The Balaban J connectivity index is 0. The molecule has 0 atom stereocenters. The van der Waals surface area contributed by atoms with Crippen LogP contribution in [0.4, 0.5) is 8.78 Å². The fourth-order valence-corrected chi connectivity index (χ4v) is 0.316. The van der Waals surface area contributed by atoms with E-state index in [4.69, 9.17) is 0 Å². The molecule has 3 heteroatoms. The molecule has 0 unspecified atom stereocenters. The summed E-state index contributed by atoms with van der Waals surface area (Å²) in [4.78, 5) is 10.1. The van der Waals surface area contributed by atoms with Crippen LogP contribution in [0.2, 0.25) is 0 Å². The Morgan fingerprint density at radius 1 is 1.40 bits per heavy atom. The van der Waals surface area contributed by atoms with Gasteiger partial charge in [-0.3, -0.25) is 4.79 Å². The van der Waals surface area contributed by atoms with Gasteiger partial charge in [0.2, 0.25) is 6.43 Å². The molecule has 0 aromatic carbocycles. The Morgan fingerprint density at radius 3 is 1.90 bits per heavy atom. The summed E-state index contributed by atoms with van der Waals surface area (Å²) in [6.07, 6.45) is -2.84. The Kier molecular flexibility index (Phi) is 10.4. The SMILES string of the molecule is CC.CCC(=O)CC(F)F. The molecule has 0 fully saturated rings. The second kappa shape index (κ2) is 8.53. The summed E-state index contributed by atoms with van der Waals surface area (Å²) in [5.41, 5.74) is 0. The van der Waals surface area contributed by atoms with Gasteiger partial charge in [-0.1, -0.05) is 20.8 Å². The molecule has 0 aliphatic carbocycles. The normalized spacial score (nSPS) is 8.60. The minimum absolute atomic E-state index is 0.213. The van der Waals surface area contributed by atoms with Gasteiger partial charge < -0.3 is 0 Å². The maximum absolute atomic E-state index is 11.3. The van der Waals surface area contributed by atoms with Crippen LogP contribution in [-0.4, -0.2) is 12.2 Å². The van der Waals surface area contributed by atoms with Crippen molar-refractivity contribution in [3.63, 3.8) is 0 Å². The molecule has 0 radical (unpaired) electrons. The highest BCUT2D eigenvalue weighted by Crippen LogP contribution is 2.00. The number of Topliss-reactive ketones (excluding diaryl/α,β-unsaturated/α-hetero) is 1. The monoisotopic (exact) mass is 152 g/mol. The van der Waals surface area contributed by atoms with Gasteiger partial charge in [0.05, 0.1) is 6.42 Å². The van der Waals surface area contributed by atoms with Gasteiger partial charge in [-0.25, -0.2) is 8.78 Å². The average Bonchev–Trinajstić information content (AvgIpc) is 1.91. The van der Waals surface area contributed by atoms with Crippen molar-refractivity contribution in [1.29, 1.82) is 0 Å². The van der Waals surface area contributed by atoms with Crippen molar-refractivity contribution >= 4 is 5.78 Å². The summed E-state index contributed by atoms with van der Waals surface area (Å²) in [5, 5.41) is 0. The van der Waals surface area contributed by atoms with Gasteiger partial charge in [-0.15, -0.1) is 0 Å². The number of ketones is 1. The van der Waals surface area contributed by atoms with E-state index in [9.17, 15) is 13.6 Å². The summed E-state index contributed by atoms with van der Waals surface area (Å²) in [7, 11) is 0. The van der Waals surface area contributed by atoms with Gasteiger partial charge in [-0.05, 0) is 0 Å². The van der Waals surface area contributed by atoms with E-state index in [1.165, 1.54) is 0 Å². The number of alkyl halides is 2. The third-order valence-electron chi connectivity index (χ3n) is 0.776. The van der Waals surface area contributed by atoms with Crippen LogP contribution in [0.1, 0.15) is 33.6 Å². The molecule has 1 nitrogen and oxygen atoms in total. The van der Waals surface area contributed by atoms with Crippen LogP contribution in [-0.2, 0) is 4.79 Å². The topological polar surface area (TPSA) is 17.1 Å². The summed E-state index contributed by atoms with van der Waals surface area (Å²) in [6, 6.07) is 0. The standard InChI is InChI=1S/C5H8F2O.C2H6/c1-2-4(8)3-5(6)7;1-2/h5H,2-3H2,1H3;1-2H3. The van der Waals surface area contributed by atoms with Crippen LogP contribution in [0.25, 0.3) is 0 Å². The van der Waals surface area contributed by atoms with E-state index >= 15 is 0 Å². The maximum Gasteiger partial charge on any atom is 0.245 e. The van der Waals surface area contributed by atoms with Crippen LogP contribution in [0.3, 0.4) is 0 Å². The van der Waals surface area contributed by atoms with Crippen LogP contribution >= 0.6 is 0 Å². The van der Waals surface area contributed by atoms with E-state index in [1.807, 2.05) is 13.8 Å². The number of rotatable bonds is 3. The highest BCUT2D eigenvalue weighted by Gasteiger charge is 2.06. The number of carbonyl (C=O) groups excluding carboxylic acids is 1. The number of halogens is 2. The second-order valence-corrected chi connectivity index (χ2v) is 1.49. The minimum Gasteiger partial charge on any atom is -0.299 e. The first kappa shape index (κ1) is 12.2. The van der Waals surface area contributed by atoms with Crippen LogP contribution in [0, 0.1) is 0 Å². The Morgan fingerprint density at radius 2 is 1.80 bits per heavy atom. The fourth-order valence-electron chi connectivity index (χ4n) is 0.316. The first-order valence-corrected chi connectivity index (χ1v) is 3.46. The molecule has 0 aromatic heterocycles. The molecule has 0 saturated heterocycles. The lowest BCUT2D eigenvalue weighted by Crippen LogP contribution is -2.01. The zero-order chi connectivity index (χ0) is 8.57. The van der Waals surface area contributed by atoms with Gasteiger partial charge >= 0.3 is 0 Å². The highest BCUT2D eigenvalue weighted by molar-refractivity contribution is 5.78. The first-order valence-electron chi connectivity index (χ1n) is 3.46. The molecule has 10 heavy (non-hydrogen) atoms. The van der Waals surface area contributed by atoms with Gasteiger partial charge in [-0.2, -0.15) is 0 Å². The molecule has 0 saturated carbocycles. The quantitative estimate of drug-likeness (QED) is 0.607. The van der Waals surface area contributed by atoms with Crippen LogP contribution < -0.4 is 0 Å².